The summed E-state index contributed by atoms with van der Waals surface area (Å²) < 4.78 is 10.9. The molecule has 0 atom stereocenters. The molecule has 0 unspecified atom stereocenters. The highest BCUT2D eigenvalue weighted by Crippen LogP contribution is 2.21. The van der Waals surface area contributed by atoms with E-state index in [0.717, 1.165) is 29.2 Å². The molecular weight excluding hydrogens is 380 g/mol. The second-order valence-electron chi connectivity index (χ2n) is 6.08. The summed E-state index contributed by atoms with van der Waals surface area (Å²) in [5.74, 6) is -0.393. The monoisotopic (exact) mass is 398 g/mol. The number of carbonyl (C=O) groups is 2. The second-order valence-corrected chi connectivity index (χ2v) is 6.91. The molecule has 1 aliphatic heterocycles. The zero-order valence-corrected chi connectivity index (χ0v) is 15.7. The summed E-state index contributed by atoms with van der Waals surface area (Å²) in [5.41, 5.74) is 5.70. The lowest BCUT2D eigenvalue weighted by atomic mass is 10.2. The molecule has 3 aromatic rings. The third-order valence-electron chi connectivity index (χ3n) is 4.15. The van der Waals surface area contributed by atoms with E-state index in [9.17, 15) is 9.59 Å². The Morgan fingerprint density at radius 3 is 2.82 bits per heavy atom. The van der Waals surface area contributed by atoms with Crippen molar-refractivity contribution in [2.75, 3.05) is 31.2 Å². The van der Waals surface area contributed by atoms with E-state index in [2.05, 4.69) is 20.7 Å². The molecule has 144 valence electrons. The molecular formula is C19H18N4O4S. The molecule has 2 amide bonds. The van der Waals surface area contributed by atoms with E-state index >= 15 is 0 Å². The van der Waals surface area contributed by atoms with Crippen molar-refractivity contribution in [2.45, 2.75) is 0 Å². The summed E-state index contributed by atoms with van der Waals surface area (Å²) in [4.78, 5) is 30.5. The third-order valence-corrected chi connectivity index (χ3v) is 5.05. The van der Waals surface area contributed by atoms with Gasteiger partial charge in [-0.05, 0) is 18.2 Å². The zero-order valence-electron chi connectivity index (χ0n) is 14.9. The van der Waals surface area contributed by atoms with Crippen molar-refractivity contribution in [1.29, 1.82) is 0 Å². The Morgan fingerprint density at radius 1 is 1.18 bits per heavy atom. The summed E-state index contributed by atoms with van der Waals surface area (Å²) in [6.45, 7) is 2.79. The van der Waals surface area contributed by atoms with Crippen molar-refractivity contribution < 1.29 is 18.7 Å². The van der Waals surface area contributed by atoms with Crippen LogP contribution in [0.3, 0.4) is 0 Å². The van der Waals surface area contributed by atoms with E-state index in [1.165, 1.54) is 17.4 Å². The van der Waals surface area contributed by atoms with E-state index in [1.807, 2.05) is 30.3 Å². The first-order chi connectivity index (χ1) is 13.7. The molecule has 3 heterocycles. The molecule has 1 aromatic carbocycles. The van der Waals surface area contributed by atoms with E-state index < -0.39 is 11.8 Å². The number of fused-ring (bicyclic) bond motifs is 1. The number of nitrogens with zero attached hydrogens (tertiary/aromatic N) is 2. The first-order valence-electron chi connectivity index (χ1n) is 8.74. The standard InChI is InChI=1S/C19H18N4O4S/c24-17(6-5-14-11-13-3-1-2-4-16(13)27-14)21-22-18(25)15-12-28-19(20-15)23-7-9-26-10-8-23/h1-6,11-12H,7-10H2,(H,21,24)(H,22,25)/b6-5+. The number of hydrogen-bond donors (Lipinski definition) is 2. The fourth-order valence-electron chi connectivity index (χ4n) is 2.73. The molecule has 1 fully saturated rings. The molecule has 2 N–H and O–H groups in total. The molecule has 4 rings (SSSR count). The molecule has 9 heteroatoms. The summed E-state index contributed by atoms with van der Waals surface area (Å²) in [6, 6.07) is 9.41. The van der Waals surface area contributed by atoms with Gasteiger partial charge < -0.3 is 14.1 Å². The predicted molar refractivity (Wildman–Crippen MR) is 106 cm³/mol. The van der Waals surface area contributed by atoms with Crippen LogP contribution in [0.4, 0.5) is 5.13 Å². The average Bonchev–Trinajstić information content (AvgIpc) is 3.38. The van der Waals surface area contributed by atoms with Gasteiger partial charge in [0.05, 0.1) is 13.2 Å². The third kappa shape index (κ3) is 4.21. The number of carbonyl (C=O) groups excluding carboxylic acids is 2. The first-order valence-corrected chi connectivity index (χ1v) is 9.62. The number of ether oxygens (including phenoxy) is 1. The van der Waals surface area contributed by atoms with E-state index in [1.54, 1.807) is 11.5 Å². The van der Waals surface area contributed by atoms with Crippen LogP contribution in [0.1, 0.15) is 16.2 Å². The number of anilines is 1. The number of hydrogen-bond acceptors (Lipinski definition) is 7. The SMILES string of the molecule is O=C(/C=C/c1cc2ccccc2o1)NNC(=O)c1csc(N2CCOCC2)n1. The van der Waals surface area contributed by atoms with Crippen LogP contribution in [-0.4, -0.2) is 43.1 Å². The Kier molecular flexibility index (Phi) is 5.36. The van der Waals surface area contributed by atoms with E-state index in [0.29, 0.717) is 19.0 Å². The fourth-order valence-corrected chi connectivity index (χ4v) is 3.59. The molecule has 0 radical (unpaired) electrons. The number of furan rings is 1. The molecule has 2 aromatic heterocycles. The van der Waals surface area contributed by atoms with Crippen LogP contribution in [0.25, 0.3) is 17.0 Å². The number of benzene rings is 1. The average molecular weight is 398 g/mol. The minimum absolute atomic E-state index is 0.257. The van der Waals surface area contributed by atoms with Gasteiger partial charge in [-0.25, -0.2) is 4.98 Å². The summed E-state index contributed by atoms with van der Waals surface area (Å²) in [7, 11) is 0. The highest BCUT2D eigenvalue weighted by molar-refractivity contribution is 7.13. The number of rotatable bonds is 4. The van der Waals surface area contributed by atoms with Gasteiger partial charge in [-0.1, -0.05) is 18.2 Å². The first kappa shape index (κ1) is 18.2. The zero-order chi connectivity index (χ0) is 19.3. The minimum Gasteiger partial charge on any atom is -0.457 e. The van der Waals surface area contributed by atoms with Gasteiger partial charge in [0.15, 0.2) is 5.13 Å². The summed E-state index contributed by atoms with van der Waals surface area (Å²) in [5, 5.41) is 3.39. The number of morpholine rings is 1. The van der Waals surface area contributed by atoms with Crippen LogP contribution in [0.2, 0.25) is 0 Å². The molecule has 0 aliphatic carbocycles. The summed E-state index contributed by atoms with van der Waals surface area (Å²) in [6.07, 6.45) is 2.83. The number of nitrogens with one attached hydrogen (secondary N) is 2. The van der Waals surface area contributed by atoms with Crippen LogP contribution in [0.15, 0.2) is 46.2 Å². The Hall–Kier alpha value is -3.17. The van der Waals surface area contributed by atoms with Gasteiger partial charge in [0.1, 0.15) is 17.0 Å². The highest BCUT2D eigenvalue weighted by Gasteiger charge is 2.17. The van der Waals surface area contributed by atoms with Gasteiger partial charge in [-0.15, -0.1) is 11.3 Å². The highest BCUT2D eigenvalue weighted by atomic mass is 32.1. The van der Waals surface area contributed by atoms with Crippen molar-refractivity contribution in [3.63, 3.8) is 0 Å². The van der Waals surface area contributed by atoms with Gasteiger partial charge in [-0.2, -0.15) is 0 Å². The van der Waals surface area contributed by atoms with Gasteiger partial charge in [0.25, 0.3) is 11.8 Å². The Bertz CT molecular complexity index is 987. The van der Waals surface area contributed by atoms with E-state index in [-0.39, 0.29) is 5.69 Å². The molecule has 1 saturated heterocycles. The predicted octanol–water partition coefficient (Wildman–Crippen LogP) is 2.20. The van der Waals surface area contributed by atoms with Crippen molar-refractivity contribution >= 4 is 45.3 Å². The minimum atomic E-state index is -0.475. The number of aromatic nitrogens is 1. The fraction of sp³-hybridized carbons (Fsp3) is 0.211. The largest absolute Gasteiger partial charge is 0.457 e. The lowest BCUT2D eigenvalue weighted by molar-refractivity contribution is -0.117. The van der Waals surface area contributed by atoms with Gasteiger partial charge in [0, 0.05) is 29.9 Å². The number of hydrazine groups is 1. The van der Waals surface area contributed by atoms with Gasteiger partial charge in [0.2, 0.25) is 0 Å². The Labute approximate surface area is 164 Å². The normalized spacial score (nSPS) is 14.5. The number of thiazole rings is 1. The maximum Gasteiger partial charge on any atom is 0.289 e. The Balaban J connectivity index is 1.30. The number of para-hydroxylation sites is 1. The van der Waals surface area contributed by atoms with Crippen molar-refractivity contribution in [3.05, 3.63) is 53.2 Å². The molecule has 0 bridgehead atoms. The van der Waals surface area contributed by atoms with Crippen LogP contribution in [0.5, 0.6) is 0 Å². The molecule has 28 heavy (non-hydrogen) atoms. The molecule has 1 aliphatic rings. The molecule has 8 nitrogen and oxygen atoms in total. The molecule has 0 spiro atoms. The van der Waals surface area contributed by atoms with Crippen LogP contribution < -0.4 is 15.8 Å². The van der Waals surface area contributed by atoms with Crippen molar-refractivity contribution in [2.24, 2.45) is 0 Å². The topological polar surface area (TPSA) is 96.7 Å². The van der Waals surface area contributed by atoms with Gasteiger partial charge in [-0.3, -0.25) is 20.4 Å². The van der Waals surface area contributed by atoms with E-state index in [4.69, 9.17) is 9.15 Å². The van der Waals surface area contributed by atoms with Crippen LogP contribution in [-0.2, 0) is 9.53 Å². The molecule has 0 saturated carbocycles. The quantitative estimate of drug-likeness (QED) is 0.517. The summed E-state index contributed by atoms with van der Waals surface area (Å²) >= 11 is 1.39. The smallest absolute Gasteiger partial charge is 0.289 e. The maximum absolute atomic E-state index is 12.2. The van der Waals surface area contributed by atoms with Crippen molar-refractivity contribution in [3.8, 4) is 0 Å². The second kappa shape index (κ2) is 8.24. The Morgan fingerprint density at radius 2 is 2.00 bits per heavy atom. The lowest BCUT2D eigenvalue weighted by Crippen LogP contribution is -2.41. The maximum atomic E-state index is 12.2. The number of amides is 2. The van der Waals surface area contributed by atoms with Crippen LogP contribution >= 0.6 is 11.3 Å². The van der Waals surface area contributed by atoms with Crippen molar-refractivity contribution in [1.82, 2.24) is 15.8 Å². The van der Waals surface area contributed by atoms with Gasteiger partial charge >= 0.3 is 0 Å². The van der Waals surface area contributed by atoms with Crippen LogP contribution in [0, 0.1) is 0 Å². The lowest BCUT2D eigenvalue weighted by Gasteiger charge is -2.25.